The van der Waals surface area contributed by atoms with E-state index >= 15 is 0 Å². The fraction of sp³-hybridized carbons (Fsp3) is 0.0968. The summed E-state index contributed by atoms with van der Waals surface area (Å²) in [7, 11) is 0. The molecule has 4 aromatic rings. The Hall–Kier alpha value is -3.64. The first-order valence-corrected chi connectivity index (χ1v) is 10.9. The van der Waals surface area contributed by atoms with Crippen LogP contribution in [0.4, 0.5) is 0 Å². The molecule has 0 saturated carbocycles. The molecule has 0 heterocycles. The minimum atomic E-state index is -0.0986. The van der Waals surface area contributed by atoms with E-state index in [0.29, 0.717) is 0 Å². The molecule has 0 atom stereocenters. The molecule has 5 rings (SSSR count). The monoisotopic (exact) mass is 398 g/mol. The molecule has 0 N–H and O–H groups in total. The van der Waals surface area contributed by atoms with E-state index in [1.165, 1.54) is 33.4 Å². The van der Waals surface area contributed by atoms with E-state index in [2.05, 4.69) is 110 Å². The normalized spacial score (nSPS) is 13.3. The number of rotatable bonds is 6. The molecule has 0 bridgehead atoms. The number of hydrogen-bond acceptors (Lipinski definition) is 0. The van der Waals surface area contributed by atoms with Gasteiger partial charge in [0.1, 0.15) is 0 Å². The molecule has 0 amide bonds. The maximum absolute atomic E-state index is 3.90. The van der Waals surface area contributed by atoms with Crippen molar-refractivity contribution in [3.05, 3.63) is 144 Å². The Labute approximate surface area is 185 Å². The van der Waals surface area contributed by atoms with E-state index in [0.717, 1.165) is 24.0 Å². The molecule has 0 saturated heterocycles. The summed E-state index contributed by atoms with van der Waals surface area (Å²) in [4.78, 5) is 0. The fourth-order valence-electron chi connectivity index (χ4n) is 5.10. The average Bonchev–Trinajstić information content (AvgIpc) is 3.10. The Balaban J connectivity index is 1.68. The van der Waals surface area contributed by atoms with Gasteiger partial charge in [-0.25, -0.2) is 0 Å². The lowest BCUT2D eigenvalue weighted by molar-refractivity contribution is 0.520. The molecular formula is C31H26. The third-order valence-electron chi connectivity index (χ3n) is 6.62. The van der Waals surface area contributed by atoms with Gasteiger partial charge >= 0.3 is 0 Å². The van der Waals surface area contributed by atoms with Gasteiger partial charge in [0, 0.05) is 5.41 Å². The minimum Gasteiger partial charge on any atom is -0.0985 e. The lowest BCUT2D eigenvalue weighted by Gasteiger charge is -2.33. The summed E-state index contributed by atoms with van der Waals surface area (Å²) < 4.78 is 0. The molecule has 0 heteroatoms. The van der Waals surface area contributed by atoms with Crippen LogP contribution >= 0.6 is 0 Å². The predicted octanol–water partition coefficient (Wildman–Crippen LogP) is 7.72. The van der Waals surface area contributed by atoms with Crippen molar-refractivity contribution in [2.45, 2.75) is 18.3 Å². The maximum atomic E-state index is 3.90. The first-order chi connectivity index (χ1) is 15.2. The molecule has 1 aliphatic carbocycles. The Morgan fingerprint density at radius 2 is 0.903 bits per heavy atom. The van der Waals surface area contributed by atoms with Crippen molar-refractivity contribution in [1.29, 1.82) is 0 Å². The lowest BCUT2D eigenvalue weighted by atomic mass is 9.69. The highest BCUT2D eigenvalue weighted by Gasteiger charge is 2.42. The summed E-state index contributed by atoms with van der Waals surface area (Å²) in [5.74, 6) is 0. The molecule has 150 valence electrons. The van der Waals surface area contributed by atoms with Crippen LogP contribution in [0.3, 0.4) is 0 Å². The van der Waals surface area contributed by atoms with Crippen LogP contribution < -0.4 is 0 Å². The second-order valence-corrected chi connectivity index (χ2v) is 8.42. The minimum absolute atomic E-state index is 0.0986. The summed E-state index contributed by atoms with van der Waals surface area (Å²) in [6.07, 6.45) is 5.73. The van der Waals surface area contributed by atoms with Crippen LogP contribution in [0.5, 0.6) is 0 Å². The number of fused-ring (bicyclic) bond motifs is 3. The van der Waals surface area contributed by atoms with E-state index in [-0.39, 0.29) is 5.41 Å². The van der Waals surface area contributed by atoms with Crippen molar-refractivity contribution >= 4 is 12.2 Å². The molecule has 0 radical (unpaired) electrons. The maximum Gasteiger partial charge on any atom is 0.0295 e. The Kier molecular flexibility index (Phi) is 4.92. The van der Waals surface area contributed by atoms with Crippen molar-refractivity contribution in [1.82, 2.24) is 0 Å². The zero-order valence-electron chi connectivity index (χ0n) is 17.7. The zero-order chi connectivity index (χ0) is 21.3. The SMILES string of the molecule is C=Cc1ccc(CC2(Cc3ccc(C=C)cc3)c3ccccc3-c3ccccc32)cc1. The summed E-state index contributed by atoms with van der Waals surface area (Å²) >= 11 is 0. The van der Waals surface area contributed by atoms with Crippen molar-refractivity contribution in [2.24, 2.45) is 0 Å². The molecule has 0 spiro atoms. The van der Waals surface area contributed by atoms with Gasteiger partial charge in [0.2, 0.25) is 0 Å². The van der Waals surface area contributed by atoms with Gasteiger partial charge in [0.05, 0.1) is 0 Å². The van der Waals surface area contributed by atoms with Crippen LogP contribution in [-0.4, -0.2) is 0 Å². The van der Waals surface area contributed by atoms with E-state index < -0.39 is 0 Å². The van der Waals surface area contributed by atoms with E-state index in [1.54, 1.807) is 0 Å². The predicted molar refractivity (Wildman–Crippen MR) is 133 cm³/mol. The topological polar surface area (TPSA) is 0 Å². The molecule has 0 fully saturated rings. The molecule has 0 aliphatic heterocycles. The first-order valence-electron chi connectivity index (χ1n) is 10.9. The van der Waals surface area contributed by atoms with Crippen LogP contribution in [-0.2, 0) is 18.3 Å². The summed E-state index contributed by atoms with van der Waals surface area (Å²) in [5, 5.41) is 0. The molecule has 0 nitrogen and oxygen atoms in total. The van der Waals surface area contributed by atoms with Crippen LogP contribution in [0.25, 0.3) is 23.3 Å². The average molecular weight is 399 g/mol. The standard InChI is InChI=1S/C31H26/c1-3-23-13-17-25(18-14-23)21-31(22-26-19-15-24(4-2)16-20-26)29-11-7-5-9-27(29)28-10-6-8-12-30(28)31/h3-20H,1-2,21-22H2. The molecule has 1 aliphatic rings. The van der Waals surface area contributed by atoms with Gasteiger partial charge in [-0.15, -0.1) is 0 Å². The van der Waals surface area contributed by atoms with E-state index in [4.69, 9.17) is 0 Å². The van der Waals surface area contributed by atoms with E-state index in [1.807, 2.05) is 12.2 Å². The third-order valence-corrected chi connectivity index (χ3v) is 6.62. The van der Waals surface area contributed by atoms with Crippen molar-refractivity contribution in [3.8, 4) is 11.1 Å². The third kappa shape index (κ3) is 3.35. The van der Waals surface area contributed by atoms with Crippen molar-refractivity contribution in [3.63, 3.8) is 0 Å². The van der Waals surface area contributed by atoms with Crippen LogP contribution in [0, 0.1) is 0 Å². The van der Waals surface area contributed by atoms with Crippen molar-refractivity contribution in [2.75, 3.05) is 0 Å². The van der Waals surface area contributed by atoms with E-state index in [9.17, 15) is 0 Å². The summed E-state index contributed by atoms with van der Waals surface area (Å²) in [6.45, 7) is 7.80. The lowest BCUT2D eigenvalue weighted by Crippen LogP contribution is -2.31. The number of benzene rings is 4. The van der Waals surface area contributed by atoms with Crippen LogP contribution in [0.15, 0.2) is 110 Å². The Bertz CT molecular complexity index is 1140. The molecule has 4 aromatic carbocycles. The Morgan fingerprint density at radius 3 is 1.29 bits per heavy atom. The summed E-state index contributed by atoms with van der Waals surface area (Å²) in [6, 6.07) is 35.6. The van der Waals surface area contributed by atoms with Gasteiger partial charge in [-0.05, 0) is 57.3 Å². The molecule has 0 aromatic heterocycles. The Morgan fingerprint density at radius 1 is 0.516 bits per heavy atom. The highest BCUT2D eigenvalue weighted by atomic mass is 14.4. The molecule has 31 heavy (non-hydrogen) atoms. The zero-order valence-corrected chi connectivity index (χ0v) is 17.7. The largest absolute Gasteiger partial charge is 0.0985 e. The highest BCUT2D eigenvalue weighted by molar-refractivity contribution is 5.81. The second-order valence-electron chi connectivity index (χ2n) is 8.42. The first kappa shape index (κ1) is 19.3. The van der Waals surface area contributed by atoms with Crippen molar-refractivity contribution < 1.29 is 0 Å². The smallest absolute Gasteiger partial charge is 0.0295 e. The van der Waals surface area contributed by atoms with Gasteiger partial charge < -0.3 is 0 Å². The van der Waals surface area contributed by atoms with Gasteiger partial charge in [0.25, 0.3) is 0 Å². The van der Waals surface area contributed by atoms with Gasteiger partial charge in [-0.1, -0.05) is 122 Å². The molecule has 0 unspecified atom stereocenters. The molecular weight excluding hydrogens is 372 g/mol. The summed E-state index contributed by atoms with van der Waals surface area (Å²) in [5.41, 5.74) is 10.5. The van der Waals surface area contributed by atoms with Gasteiger partial charge in [-0.2, -0.15) is 0 Å². The fourth-order valence-corrected chi connectivity index (χ4v) is 5.10. The highest BCUT2D eigenvalue weighted by Crippen LogP contribution is 2.52. The second kappa shape index (κ2) is 7.89. The quantitative estimate of drug-likeness (QED) is 0.312. The van der Waals surface area contributed by atoms with Gasteiger partial charge in [0.15, 0.2) is 0 Å². The van der Waals surface area contributed by atoms with Crippen LogP contribution in [0.1, 0.15) is 33.4 Å². The van der Waals surface area contributed by atoms with Gasteiger partial charge in [-0.3, -0.25) is 0 Å². The number of hydrogen-bond donors (Lipinski definition) is 0. The van der Waals surface area contributed by atoms with Crippen LogP contribution in [0.2, 0.25) is 0 Å².